The maximum atomic E-state index is 14.7. The second-order valence-corrected chi connectivity index (χ2v) is 5.58. The van der Waals surface area contributed by atoms with Gasteiger partial charge in [-0.05, 0) is 0 Å². The first-order chi connectivity index (χ1) is 13.0. The molecular weight excluding hydrogens is 408 g/mol. The Morgan fingerprint density at radius 3 is 1.54 bits per heavy atom. The second kappa shape index (κ2) is 6.57. The molecule has 0 saturated heterocycles. The molecule has 0 heterocycles. The van der Waals surface area contributed by atoms with Crippen LogP contribution in [-0.2, 0) is 0 Å². The molecule has 0 N–H and O–H groups in total. The van der Waals surface area contributed by atoms with E-state index in [1.54, 1.807) is 0 Å². The number of nitrogens with zero attached hydrogens (tertiary/aromatic N) is 1. The first kappa shape index (κ1) is 19.8. The van der Waals surface area contributed by atoms with Gasteiger partial charge >= 0.3 is 0 Å². The van der Waals surface area contributed by atoms with Gasteiger partial charge in [0.05, 0.1) is 16.5 Å². The van der Waals surface area contributed by atoms with Crippen molar-refractivity contribution in [1.82, 2.24) is 0 Å². The molecule has 0 bridgehead atoms. The average Bonchev–Trinajstić information content (AvgIpc) is 2.63. The highest BCUT2D eigenvalue weighted by Crippen LogP contribution is 2.40. The normalized spacial score (nSPS) is 11.4. The van der Waals surface area contributed by atoms with Crippen molar-refractivity contribution in [2.24, 2.45) is 0 Å². The fraction of sp³-hybridized carbons (Fsp3) is 0.0588. The molecule has 0 spiro atoms. The molecule has 3 aromatic carbocycles. The average molecular weight is 413 g/mol. The SMILES string of the molecule is CN(c1cc(F)cc(F)c1F)c1c(F)c(F)c2c(F)c(F)c(F)c(F)c2c1F. The van der Waals surface area contributed by atoms with E-state index in [0.29, 0.717) is 7.05 Å². The summed E-state index contributed by atoms with van der Waals surface area (Å²) in [5.41, 5.74) is -2.77. The van der Waals surface area contributed by atoms with E-state index in [4.69, 9.17) is 0 Å². The van der Waals surface area contributed by atoms with Crippen LogP contribution < -0.4 is 4.90 Å². The molecule has 0 aliphatic rings. The van der Waals surface area contributed by atoms with E-state index in [-0.39, 0.29) is 17.0 Å². The minimum atomic E-state index is -2.51. The highest BCUT2D eigenvalue weighted by atomic mass is 19.2. The van der Waals surface area contributed by atoms with Crippen molar-refractivity contribution < 1.29 is 43.9 Å². The summed E-state index contributed by atoms with van der Waals surface area (Å²) in [6.45, 7) is 0. The van der Waals surface area contributed by atoms with E-state index in [0.717, 1.165) is 0 Å². The number of hydrogen-bond acceptors (Lipinski definition) is 1. The van der Waals surface area contributed by atoms with E-state index >= 15 is 0 Å². The van der Waals surface area contributed by atoms with Gasteiger partial charge in [0.15, 0.2) is 52.4 Å². The van der Waals surface area contributed by atoms with E-state index in [1.165, 1.54) is 0 Å². The van der Waals surface area contributed by atoms with Crippen molar-refractivity contribution in [3.63, 3.8) is 0 Å². The molecule has 0 radical (unpaired) electrons. The number of rotatable bonds is 2. The molecule has 28 heavy (non-hydrogen) atoms. The fourth-order valence-electron chi connectivity index (χ4n) is 2.67. The van der Waals surface area contributed by atoms with Crippen molar-refractivity contribution in [3.05, 3.63) is 70.3 Å². The monoisotopic (exact) mass is 413 g/mol. The van der Waals surface area contributed by atoms with Gasteiger partial charge in [-0.3, -0.25) is 0 Å². The Balaban J connectivity index is 2.44. The van der Waals surface area contributed by atoms with Crippen LogP contribution >= 0.6 is 0 Å². The molecule has 0 fully saturated rings. The van der Waals surface area contributed by atoms with Crippen molar-refractivity contribution in [1.29, 1.82) is 0 Å². The summed E-state index contributed by atoms with van der Waals surface area (Å²) >= 11 is 0. The van der Waals surface area contributed by atoms with Crippen molar-refractivity contribution in [3.8, 4) is 0 Å². The summed E-state index contributed by atoms with van der Waals surface area (Å²) in [5, 5.41) is -3.68. The Hall–Kier alpha value is -2.98. The maximum Gasteiger partial charge on any atom is 0.198 e. The van der Waals surface area contributed by atoms with Gasteiger partial charge in [-0.15, -0.1) is 0 Å². The maximum absolute atomic E-state index is 14.7. The lowest BCUT2D eigenvalue weighted by Gasteiger charge is -2.23. The highest BCUT2D eigenvalue weighted by Gasteiger charge is 2.32. The van der Waals surface area contributed by atoms with Gasteiger partial charge in [0, 0.05) is 19.2 Å². The topological polar surface area (TPSA) is 3.24 Å². The Labute approximate surface area is 149 Å². The van der Waals surface area contributed by atoms with E-state index in [1.807, 2.05) is 0 Å². The lowest BCUT2D eigenvalue weighted by atomic mass is 10.0. The number of hydrogen-bond donors (Lipinski definition) is 0. The summed E-state index contributed by atoms with van der Waals surface area (Å²) in [6.07, 6.45) is 0. The van der Waals surface area contributed by atoms with Gasteiger partial charge in [0.2, 0.25) is 0 Å². The van der Waals surface area contributed by atoms with Gasteiger partial charge in [-0.1, -0.05) is 0 Å². The van der Waals surface area contributed by atoms with Gasteiger partial charge < -0.3 is 4.90 Å². The zero-order valence-electron chi connectivity index (χ0n) is 13.4. The first-order valence-corrected chi connectivity index (χ1v) is 7.19. The molecule has 11 heteroatoms. The Morgan fingerprint density at radius 2 is 1.00 bits per heavy atom. The molecule has 0 amide bonds. The molecule has 3 aromatic rings. The molecule has 1 nitrogen and oxygen atoms in total. The number of benzene rings is 3. The van der Waals surface area contributed by atoms with Crippen LogP contribution in [0.1, 0.15) is 0 Å². The van der Waals surface area contributed by atoms with Crippen LogP contribution in [0, 0.1) is 58.2 Å². The van der Waals surface area contributed by atoms with Crippen LogP contribution in [-0.4, -0.2) is 7.05 Å². The Bertz CT molecular complexity index is 1140. The summed E-state index contributed by atoms with van der Waals surface area (Å²) in [4.78, 5) is 0.0628. The van der Waals surface area contributed by atoms with E-state index in [9.17, 15) is 43.9 Å². The van der Waals surface area contributed by atoms with Crippen molar-refractivity contribution >= 4 is 22.1 Å². The Kier molecular flexibility index (Phi) is 4.64. The van der Waals surface area contributed by atoms with Crippen LogP contribution in [0.4, 0.5) is 55.3 Å². The molecule has 0 aromatic heterocycles. The van der Waals surface area contributed by atoms with Crippen LogP contribution in [0.2, 0.25) is 0 Å². The first-order valence-electron chi connectivity index (χ1n) is 7.19. The van der Waals surface area contributed by atoms with Gasteiger partial charge in [0.1, 0.15) is 11.5 Å². The van der Waals surface area contributed by atoms with Crippen LogP contribution in [0.15, 0.2) is 12.1 Å². The quantitative estimate of drug-likeness (QED) is 0.283. The summed E-state index contributed by atoms with van der Waals surface area (Å²) < 4.78 is 138. The largest absolute Gasteiger partial charge is 0.337 e. The van der Waals surface area contributed by atoms with Crippen LogP contribution in [0.3, 0.4) is 0 Å². The second-order valence-electron chi connectivity index (χ2n) is 5.58. The van der Waals surface area contributed by atoms with Crippen molar-refractivity contribution in [2.45, 2.75) is 0 Å². The number of halogens is 10. The van der Waals surface area contributed by atoms with Crippen LogP contribution in [0.25, 0.3) is 10.8 Å². The van der Waals surface area contributed by atoms with Crippen molar-refractivity contribution in [2.75, 3.05) is 11.9 Å². The molecular formula is C17H5F10N. The van der Waals surface area contributed by atoms with Crippen LogP contribution in [0.5, 0.6) is 0 Å². The Morgan fingerprint density at radius 1 is 0.536 bits per heavy atom. The summed E-state index contributed by atoms with van der Waals surface area (Å²) in [5.74, 6) is -21.5. The molecule has 0 aliphatic heterocycles. The number of fused-ring (bicyclic) bond motifs is 1. The zero-order chi connectivity index (χ0) is 21.1. The standard InChI is InChI=1S/C17H5F10N/c1-28(6-3-4(18)2-5(19)9(6)20)17-13(24)8-7(12(23)16(17)27)10(21)14(25)15(26)11(8)22/h2-3H,1H3. The highest BCUT2D eigenvalue weighted by molar-refractivity contribution is 5.90. The molecule has 3 rings (SSSR count). The summed E-state index contributed by atoms with van der Waals surface area (Å²) in [6, 6.07) is 0.384. The van der Waals surface area contributed by atoms with E-state index in [2.05, 4.69) is 0 Å². The third-order valence-electron chi connectivity index (χ3n) is 3.99. The third kappa shape index (κ3) is 2.64. The van der Waals surface area contributed by atoms with E-state index < -0.39 is 80.3 Å². The lowest BCUT2D eigenvalue weighted by Crippen LogP contribution is -2.18. The third-order valence-corrected chi connectivity index (χ3v) is 3.99. The van der Waals surface area contributed by atoms with Gasteiger partial charge in [-0.2, -0.15) is 0 Å². The minimum Gasteiger partial charge on any atom is -0.337 e. The molecule has 0 unspecified atom stereocenters. The summed E-state index contributed by atoms with van der Waals surface area (Å²) in [7, 11) is 0.623. The predicted molar refractivity (Wildman–Crippen MR) is 78.0 cm³/mol. The zero-order valence-corrected chi connectivity index (χ0v) is 13.4. The predicted octanol–water partition coefficient (Wildman–Crippen LogP) is 6.00. The van der Waals surface area contributed by atoms with Gasteiger partial charge in [-0.25, -0.2) is 43.9 Å². The van der Waals surface area contributed by atoms with Gasteiger partial charge in [0.25, 0.3) is 0 Å². The number of anilines is 2. The smallest absolute Gasteiger partial charge is 0.198 e. The molecule has 0 atom stereocenters. The molecule has 0 aliphatic carbocycles. The minimum absolute atomic E-state index is 0.0628. The molecule has 0 saturated carbocycles. The molecule has 148 valence electrons. The lowest BCUT2D eigenvalue weighted by molar-refractivity contribution is 0.412. The fourth-order valence-corrected chi connectivity index (χ4v) is 2.67.